The summed E-state index contributed by atoms with van der Waals surface area (Å²) in [5, 5.41) is 23.6. The number of halogens is 6. The predicted octanol–water partition coefficient (Wildman–Crippen LogP) is 9.51. The molecular formula is C40H32F6N2O8. The molecule has 0 atom stereocenters. The van der Waals surface area contributed by atoms with Gasteiger partial charge in [0.25, 0.3) is 11.8 Å². The second kappa shape index (κ2) is 17.3. The summed E-state index contributed by atoms with van der Waals surface area (Å²) in [6.45, 7) is 0. The molecule has 0 radical (unpaired) electrons. The Kier molecular flexibility index (Phi) is 12.5. The molecule has 2 aliphatic rings. The van der Waals surface area contributed by atoms with E-state index in [1.807, 2.05) is 0 Å². The lowest BCUT2D eigenvalue weighted by molar-refractivity contribution is -0.275. The molecule has 0 saturated carbocycles. The number of ether oxygens (including phenoxy) is 2. The summed E-state index contributed by atoms with van der Waals surface area (Å²) in [5.41, 5.74) is 4.04. The lowest BCUT2D eigenvalue weighted by Crippen LogP contribution is -2.17. The van der Waals surface area contributed by atoms with Gasteiger partial charge >= 0.3 is 24.7 Å². The number of rotatable bonds is 10. The molecule has 0 spiro atoms. The average molecular weight is 783 g/mol. The fourth-order valence-corrected chi connectivity index (χ4v) is 6.11. The van der Waals surface area contributed by atoms with Crippen LogP contribution in [0.4, 0.5) is 37.7 Å². The summed E-state index contributed by atoms with van der Waals surface area (Å²) in [6, 6.07) is 24.1. The highest BCUT2D eigenvalue weighted by Crippen LogP contribution is 2.32. The van der Waals surface area contributed by atoms with Crippen LogP contribution in [0.2, 0.25) is 0 Å². The topological polar surface area (TPSA) is 151 Å². The third kappa shape index (κ3) is 11.2. The zero-order chi connectivity index (χ0) is 40.6. The number of carboxylic acid groups (broad SMARTS) is 2. The van der Waals surface area contributed by atoms with Crippen LogP contribution < -0.4 is 20.1 Å². The van der Waals surface area contributed by atoms with Crippen LogP contribution in [0.5, 0.6) is 11.5 Å². The van der Waals surface area contributed by atoms with Gasteiger partial charge in [0.05, 0.1) is 0 Å². The zero-order valence-electron chi connectivity index (χ0n) is 29.1. The molecular weight excluding hydrogens is 750 g/mol. The van der Waals surface area contributed by atoms with Crippen molar-refractivity contribution in [2.45, 2.75) is 51.2 Å². The highest BCUT2D eigenvalue weighted by atomic mass is 19.4. The fraction of sp³-hybridized carbons (Fsp3) is 0.200. The van der Waals surface area contributed by atoms with Gasteiger partial charge in [-0.1, -0.05) is 48.5 Å². The molecule has 2 amide bonds. The minimum Gasteiger partial charge on any atom is -0.478 e. The van der Waals surface area contributed by atoms with Crippen LogP contribution in [0.25, 0.3) is 22.3 Å². The van der Waals surface area contributed by atoms with Crippen molar-refractivity contribution in [1.82, 2.24) is 0 Å². The van der Waals surface area contributed by atoms with Crippen LogP contribution in [0.1, 0.15) is 38.5 Å². The van der Waals surface area contributed by atoms with Crippen LogP contribution in [-0.2, 0) is 19.2 Å². The second-order valence-corrected chi connectivity index (χ2v) is 12.4. The molecule has 0 heterocycles. The standard InChI is InChI=1S/2C20H16F3NO4/c2*21-20(22,23)28-15-4-1-3-13(11-15)12-7-9-14(10-8-12)24-18(25)16-5-2-6-17(16)19(26)27/h2*1,3-4,7-11H,2,5-6H2,(H,24,25)(H,26,27). The van der Waals surface area contributed by atoms with Crippen molar-refractivity contribution in [3.8, 4) is 33.8 Å². The summed E-state index contributed by atoms with van der Waals surface area (Å²) >= 11 is 0. The number of benzene rings is 4. The van der Waals surface area contributed by atoms with E-state index in [1.165, 1.54) is 36.4 Å². The summed E-state index contributed by atoms with van der Waals surface area (Å²) in [7, 11) is 0. The molecule has 292 valence electrons. The van der Waals surface area contributed by atoms with Crippen molar-refractivity contribution in [3.63, 3.8) is 0 Å². The van der Waals surface area contributed by atoms with E-state index in [4.69, 9.17) is 10.2 Å². The summed E-state index contributed by atoms with van der Waals surface area (Å²) in [6.07, 6.45) is -6.72. The molecule has 0 aromatic heterocycles. The summed E-state index contributed by atoms with van der Waals surface area (Å²) in [5.74, 6) is -3.72. The zero-order valence-corrected chi connectivity index (χ0v) is 29.1. The SMILES string of the molecule is O=C(O)C1=C(C(=O)Nc2ccc(-c3cccc(OC(F)(F)F)c3)cc2)CCC1.O=C(O)C1=C(C(=O)Nc2ccc(-c3cccc(OC(F)(F)F)c3)cc2)CCC1. The van der Waals surface area contributed by atoms with Crippen molar-refractivity contribution in [2.75, 3.05) is 10.6 Å². The monoisotopic (exact) mass is 782 g/mol. The Morgan fingerprint density at radius 2 is 0.821 bits per heavy atom. The molecule has 10 nitrogen and oxygen atoms in total. The van der Waals surface area contributed by atoms with Crippen molar-refractivity contribution in [1.29, 1.82) is 0 Å². The third-order valence-electron chi connectivity index (χ3n) is 8.59. The van der Waals surface area contributed by atoms with Gasteiger partial charge in [0.15, 0.2) is 0 Å². The maximum Gasteiger partial charge on any atom is 0.573 e. The summed E-state index contributed by atoms with van der Waals surface area (Å²) in [4.78, 5) is 46.9. The van der Waals surface area contributed by atoms with Crippen LogP contribution in [0.3, 0.4) is 0 Å². The quantitative estimate of drug-likeness (QED) is 0.116. The van der Waals surface area contributed by atoms with Gasteiger partial charge in [-0.15, -0.1) is 26.3 Å². The first kappa shape index (κ1) is 40.6. The maximum atomic E-state index is 12.4. The van der Waals surface area contributed by atoms with Crippen molar-refractivity contribution in [3.05, 3.63) is 119 Å². The molecule has 6 rings (SSSR count). The van der Waals surface area contributed by atoms with Gasteiger partial charge in [-0.3, -0.25) is 9.59 Å². The van der Waals surface area contributed by atoms with E-state index in [-0.39, 0.29) is 33.8 Å². The molecule has 0 aliphatic heterocycles. The Balaban J connectivity index is 0.000000214. The lowest BCUT2D eigenvalue weighted by Gasteiger charge is -2.11. The molecule has 0 bridgehead atoms. The van der Waals surface area contributed by atoms with E-state index in [9.17, 15) is 45.5 Å². The van der Waals surface area contributed by atoms with E-state index in [0.29, 0.717) is 72.2 Å². The Labute approximate surface area is 315 Å². The molecule has 56 heavy (non-hydrogen) atoms. The smallest absolute Gasteiger partial charge is 0.478 e. The second-order valence-electron chi connectivity index (χ2n) is 12.4. The fourth-order valence-electron chi connectivity index (χ4n) is 6.11. The number of hydrogen-bond donors (Lipinski definition) is 4. The van der Waals surface area contributed by atoms with Crippen LogP contribution >= 0.6 is 0 Å². The number of anilines is 2. The maximum absolute atomic E-state index is 12.4. The molecule has 4 aromatic carbocycles. The van der Waals surface area contributed by atoms with Crippen molar-refractivity contribution >= 4 is 35.1 Å². The van der Waals surface area contributed by atoms with Crippen LogP contribution in [0.15, 0.2) is 119 Å². The Morgan fingerprint density at radius 3 is 1.14 bits per heavy atom. The van der Waals surface area contributed by atoms with E-state index < -0.39 is 36.5 Å². The van der Waals surface area contributed by atoms with Gasteiger partial charge in [0.2, 0.25) is 0 Å². The minimum absolute atomic E-state index is 0.135. The molecule has 4 aromatic rings. The van der Waals surface area contributed by atoms with Crippen molar-refractivity contribution in [2.24, 2.45) is 0 Å². The first-order chi connectivity index (χ1) is 26.5. The number of aliphatic carboxylic acids is 2. The van der Waals surface area contributed by atoms with E-state index in [2.05, 4.69) is 20.1 Å². The largest absolute Gasteiger partial charge is 0.573 e. The van der Waals surface area contributed by atoms with Crippen LogP contribution in [0, 0.1) is 0 Å². The molecule has 0 unspecified atom stereocenters. The Bertz CT molecular complexity index is 2020. The van der Waals surface area contributed by atoms with Gasteiger partial charge < -0.3 is 30.3 Å². The molecule has 2 aliphatic carbocycles. The average Bonchev–Trinajstić information content (AvgIpc) is 3.83. The molecule has 4 N–H and O–H groups in total. The highest BCUT2D eigenvalue weighted by molar-refractivity contribution is 6.10. The first-order valence-corrected chi connectivity index (χ1v) is 16.9. The number of carbonyl (C=O) groups excluding carboxylic acids is 2. The van der Waals surface area contributed by atoms with E-state index in [0.717, 1.165) is 0 Å². The van der Waals surface area contributed by atoms with Crippen molar-refractivity contribution < 1.29 is 65.2 Å². The van der Waals surface area contributed by atoms with Gasteiger partial charge in [-0.2, -0.15) is 0 Å². The number of carboxylic acids is 2. The predicted molar refractivity (Wildman–Crippen MR) is 191 cm³/mol. The lowest BCUT2D eigenvalue weighted by atomic mass is 10.0. The van der Waals surface area contributed by atoms with Gasteiger partial charge in [0, 0.05) is 33.7 Å². The van der Waals surface area contributed by atoms with Gasteiger partial charge in [0.1, 0.15) is 11.5 Å². The van der Waals surface area contributed by atoms with Gasteiger partial charge in [-0.05, 0) is 109 Å². The van der Waals surface area contributed by atoms with E-state index >= 15 is 0 Å². The van der Waals surface area contributed by atoms with Gasteiger partial charge in [-0.25, -0.2) is 9.59 Å². The number of alkyl halides is 6. The molecule has 0 fully saturated rings. The number of amides is 2. The Hall–Kier alpha value is -6.58. The molecule has 0 saturated heterocycles. The van der Waals surface area contributed by atoms with Crippen LogP contribution in [-0.4, -0.2) is 46.7 Å². The Morgan fingerprint density at radius 1 is 0.482 bits per heavy atom. The third-order valence-corrected chi connectivity index (χ3v) is 8.59. The van der Waals surface area contributed by atoms with E-state index in [1.54, 1.807) is 60.7 Å². The summed E-state index contributed by atoms with van der Waals surface area (Å²) < 4.78 is 81.9. The normalized spacial score (nSPS) is 14.1. The number of nitrogens with one attached hydrogen (secondary N) is 2. The minimum atomic E-state index is -4.77. The molecule has 16 heteroatoms. The number of carbonyl (C=O) groups is 4. The number of hydrogen-bond acceptors (Lipinski definition) is 6. The highest BCUT2D eigenvalue weighted by Gasteiger charge is 2.32. The first-order valence-electron chi connectivity index (χ1n) is 16.9.